The molecule has 3 N–H and O–H groups in total. The van der Waals surface area contributed by atoms with E-state index in [1.165, 1.54) is 28.5 Å². The molecule has 0 unspecified atom stereocenters. The highest BCUT2D eigenvalue weighted by molar-refractivity contribution is 5.76. The van der Waals surface area contributed by atoms with E-state index < -0.39 is 0 Å². The zero-order chi connectivity index (χ0) is 23.7. The maximum atomic E-state index is 12.6. The molecule has 174 valence electrons. The van der Waals surface area contributed by atoms with Crippen LogP contribution in [0.1, 0.15) is 5.56 Å². The van der Waals surface area contributed by atoms with Crippen LogP contribution in [-0.2, 0) is 6.54 Å². The van der Waals surface area contributed by atoms with Crippen molar-refractivity contribution in [3.63, 3.8) is 0 Å². The average molecular weight is 459 g/mol. The predicted molar refractivity (Wildman–Crippen MR) is 132 cm³/mol. The third-order valence-electron chi connectivity index (χ3n) is 6.16. The topological polar surface area (TPSA) is 107 Å². The van der Waals surface area contributed by atoms with E-state index in [0.29, 0.717) is 17.0 Å². The lowest BCUT2D eigenvalue weighted by Crippen LogP contribution is -2.44. The first kappa shape index (κ1) is 21.7. The normalized spacial score (nSPS) is 14.4. The third kappa shape index (κ3) is 4.38. The van der Waals surface area contributed by atoms with E-state index >= 15 is 0 Å². The van der Waals surface area contributed by atoms with Crippen molar-refractivity contribution >= 4 is 28.4 Å². The molecule has 1 aliphatic rings. The third-order valence-corrected chi connectivity index (χ3v) is 6.16. The summed E-state index contributed by atoms with van der Waals surface area (Å²) in [6.45, 7) is 4.07. The number of fused-ring (bicyclic) bond motifs is 1. The highest BCUT2D eigenvalue weighted by Gasteiger charge is 2.15. The van der Waals surface area contributed by atoms with E-state index in [1.807, 2.05) is 12.1 Å². The fourth-order valence-corrected chi connectivity index (χ4v) is 4.12. The minimum Gasteiger partial charge on any atom is -0.507 e. The zero-order valence-electron chi connectivity index (χ0n) is 18.8. The summed E-state index contributed by atoms with van der Waals surface area (Å²) >= 11 is 0. The van der Waals surface area contributed by atoms with Gasteiger partial charge in [0.25, 0.3) is 5.56 Å². The summed E-state index contributed by atoms with van der Waals surface area (Å²) in [5, 5.41) is 24.2. The molecule has 5 rings (SSSR count). The highest BCUT2D eigenvalue weighted by Crippen LogP contribution is 2.28. The van der Waals surface area contributed by atoms with Gasteiger partial charge in [-0.1, -0.05) is 6.07 Å². The van der Waals surface area contributed by atoms with Crippen LogP contribution in [0.15, 0.2) is 65.6 Å². The minimum absolute atomic E-state index is 0.0230. The maximum absolute atomic E-state index is 12.6. The van der Waals surface area contributed by atoms with Crippen LogP contribution >= 0.6 is 0 Å². The molecule has 1 fully saturated rings. The second kappa shape index (κ2) is 9.03. The van der Waals surface area contributed by atoms with Crippen molar-refractivity contribution in [1.29, 1.82) is 0 Å². The van der Waals surface area contributed by atoms with Crippen LogP contribution in [-0.4, -0.2) is 62.9 Å². The molecule has 4 aromatic rings. The molecule has 34 heavy (non-hydrogen) atoms. The van der Waals surface area contributed by atoms with Crippen molar-refractivity contribution in [2.24, 2.45) is 0 Å². The summed E-state index contributed by atoms with van der Waals surface area (Å²) in [6.07, 6.45) is 1.64. The Morgan fingerprint density at radius 3 is 2.35 bits per heavy atom. The molecule has 1 saturated heterocycles. The molecule has 2 aromatic carbocycles. The number of anilines is 3. The Kier molecular flexibility index (Phi) is 5.77. The molecule has 0 spiro atoms. The van der Waals surface area contributed by atoms with E-state index in [0.717, 1.165) is 31.9 Å². The Morgan fingerprint density at radius 1 is 0.941 bits per heavy atom. The molecule has 0 bridgehead atoms. The number of aromatic hydroxyl groups is 2. The van der Waals surface area contributed by atoms with Crippen LogP contribution in [0.3, 0.4) is 0 Å². The van der Waals surface area contributed by atoms with Crippen molar-refractivity contribution in [2.45, 2.75) is 6.54 Å². The van der Waals surface area contributed by atoms with Crippen molar-refractivity contribution in [3.05, 3.63) is 76.7 Å². The average Bonchev–Trinajstić information content (AvgIpc) is 2.84. The summed E-state index contributed by atoms with van der Waals surface area (Å²) in [4.78, 5) is 26.3. The van der Waals surface area contributed by atoms with E-state index in [-0.39, 0.29) is 29.2 Å². The largest absolute Gasteiger partial charge is 0.507 e. The quantitative estimate of drug-likeness (QED) is 0.419. The van der Waals surface area contributed by atoms with Gasteiger partial charge in [0.2, 0.25) is 5.95 Å². The van der Waals surface area contributed by atoms with Crippen LogP contribution in [0, 0.1) is 0 Å². The van der Waals surface area contributed by atoms with Crippen LogP contribution in [0.5, 0.6) is 11.5 Å². The van der Waals surface area contributed by atoms with Gasteiger partial charge in [-0.25, -0.2) is 4.98 Å². The number of nitrogens with one attached hydrogen (secondary N) is 1. The second-order valence-corrected chi connectivity index (χ2v) is 8.47. The summed E-state index contributed by atoms with van der Waals surface area (Å²) in [6, 6.07) is 15.7. The molecular weight excluding hydrogens is 432 g/mol. The van der Waals surface area contributed by atoms with E-state index in [4.69, 9.17) is 0 Å². The van der Waals surface area contributed by atoms with Gasteiger partial charge in [0.1, 0.15) is 17.1 Å². The van der Waals surface area contributed by atoms with Crippen molar-refractivity contribution in [3.8, 4) is 11.5 Å². The Balaban J connectivity index is 1.41. The monoisotopic (exact) mass is 458 g/mol. The molecule has 3 heterocycles. The van der Waals surface area contributed by atoms with Gasteiger partial charge in [-0.2, -0.15) is 4.98 Å². The number of hydrogen-bond donors (Lipinski definition) is 3. The number of phenolic OH excluding ortho intramolecular Hbond substituents is 2. The summed E-state index contributed by atoms with van der Waals surface area (Å²) in [5.74, 6) is 0.175. The van der Waals surface area contributed by atoms with Crippen LogP contribution in [0.2, 0.25) is 0 Å². The SMILES string of the molecule is CN1CCN(c2ccc(Nc3ncc4ccc(=O)n(Cc5c(O)cccc5O)c4n3)cc2)CC1. The number of nitrogens with zero attached hydrogens (tertiary/aromatic N) is 5. The first-order valence-electron chi connectivity index (χ1n) is 11.1. The van der Waals surface area contributed by atoms with Gasteiger partial charge >= 0.3 is 0 Å². The van der Waals surface area contributed by atoms with E-state index in [9.17, 15) is 15.0 Å². The van der Waals surface area contributed by atoms with Crippen LogP contribution < -0.4 is 15.8 Å². The van der Waals surface area contributed by atoms with Gasteiger partial charge in [-0.05, 0) is 49.5 Å². The number of rotatable bonds is 5. The fourth-order valence-electron chi connectivity index (χ4n) is 4.12. The lowest BCUT2D eigenvalue weighted by molar-refractivity contribution is 0.313. The molecule has 0 radical (unpaired) electrons. The number of benzene rings is 2. The molecule has 0 aliphatic carbocycles. The smallest absolute Gasteiger partial charge is 0.252 e. The Labute approximate surface area is 196 Å². The number of piperazine rings is 1. The Morgan fingerprint density at radius 2 is 1.65 bits per heavy atom. The predicted octanol–water partition coefficient (Wildman–Crippen LogP) is 2.75. The number of pyridine rings is 1. The number of likely N-dealkylation sites (N-methyl/N-ethyl adjacent to an activating group) is 1. The molecule has 0 saturated carbocycles. The van der Waals surface area contributed by atoms with Crippen molar-refractivity contribution in [1.82, 2.24) is 19.4 Å². The summed E-state index contributed by atoms with van der Waals surface area (Å²) < 4.78 is 1.41. The van der Waals surface area contributed by atoms with E-state index in [2.05, 4.69) is 44.3 Å². The lowest BCUT2D eigenvalue weighted by Gasteiger charge is -2.34. The van der Waals surface area contributed by atoms with Crippen molar-refractivity contribution in [2.75, 3.05) is 43.4 Å². The second-order valence-electron chi connectivity index (χ2n) is 8.47. The molecule has 0 atom stereocenters. The lowest BCUT2D eigenvalue weighted by atomic mass is 10.1. The van der Waals surface area contributed by atoms with Gasteiger partial charge in [-0.15, -0.1) is 0 Å². The minimum atomic E-state index is -0.295. The standard InChI is InChI=1S/C25H26N6O3/c1-29-11-13-30(14-12-29)19-8-6-18(7-9-19)27-25-26-15-17-5-10-23(34)31(24(17)28-25)16-20-21(32)3-2-4-22(20)33/h2-10,15,32-33H,11-14,16H2,1H3,(H,26,27,28). The fraction of sp³-hybridized carbons (Fsp3) is 0.240. The molecule has 9 nitrogen and oxygen atoms in total. The molecular formula is C25H26N6O3. The molecule has 0 amide bonds. The Hall–Kier alpha value is -4.11. The summed E-state index contributed by atoms with van der Waals surface area (Å²) in [5.41, 5.74) is 2.37. The van der Waals surface area contributed by atoms with Gasteiger partial charge < -0.3 is 25.3 Å². The number of aromatic nitrogens is 3. The maximum Gasteiger partial charge on any atom is 0.252 e. The van der Waals surface area contributed by atoms with Gasteiger partial charge in [-0.3, -0.25) is 9.36 Å². The highest BCUT2D eigenvalue weighted by atomic mass is 16.3. The van der Waals surface area contributed by atoms with Gasteiger partial charge in [0, 0.05) is 55.2 Å². The Bertz CT molecular complexity index is 1360. The number of phenols is 2. The zero-order valence-corrected chi connectivity index (χ0v) is 18.8. The number of hydrogen-bond acceptors (Lipinski definition) is 8. The van der Waals surface area contributed by atoms with Gasteiger partial charge in [0.05, 0.1) is 12.1 Å². The van der Waals surface area contributed by atoms with Crippen molar-refractivity contribution < 1.29 is 10.2 Å². The first-order chi connectivity index (χ1) is 16.5. The first-order valence-corrected chi connectivity index (χ1v) is 11.1. The molecule has 9 heteroatoms. The van der Waals surface area contributed by atoms with E-state index in [1.54, 1.807) is 18.3 Å². The molecule has 1 aliphatic heterocycles. The molecule has 2 aromatic heterocycles. The van der Waals surface area contributed by atoms with Gasteiger partial charge in [0.15, 0.2) is 0 Å². The van der Waals surface area contributed by atoms with Crippen LogP contribution in [0.25, 0.3) is 11.0 Å². The summed E-state index contributed by atoms with van der Waals surface area (Å²) in [7, 11) is 2.14. The van der Waals surface area contributed by atoms with Crippen LogP contribution in [0.4, 0.5) is 17.3 Å².